The smallest absolute Gasteiger partial charge is 0.200 e. The van der Waals surface area contributed by atoms with E-state index < -0.39 is 11.6 Å². The van der Waals surface area contributed by atoms with Gasteiger partial charge < -0.3 is 4.74 Å². The number of rotatable bonds is 2. The molecule has 2 saturated carbocycles. The molecule has 0 aromatic heterocycles. The molecule has 1 nitrogen and oxygen atoms in total. The standard InChI is InChI=1S/C16H18BrClF2O/c17-10-7-11(19)15(20)12(8-10)21-14-9-13(18)16(14)5-3-1-2-4-6-16/h7-8,13-14H,1-6,9H2. The number of ether oxygens (including phenoxy) is 1. The fourth-order valence-corrected chi connectivity index (χ4v) is 4.59. The molecule has 0 saturated heterocycles. The normalized spacial score (nSPS) is 28.0. The van der Waals surface area contributed by atoms with Crippen LogP contribution in [0.15, 0.2) is 16.6 Å². The summed E-state index contributed by atoms with van der Waals surface area (Å²) >= 11 is 9.64. The van der Waals surface area contributed by atoms with E-state index in [0.717, 1.165) is 31.7 Å². The average molecular weight is 380 g/mol. The molecule has 1 aromatic carbocycles. The topological polar surface area (TPSA) is 9.23 Å². The zero-order chi connectivity index (χ0) is 15.0. The number of hydrogen-bond donors (Lipinski definition) is 0. The van der Waals surface area contributed by atoms with Crippen LogP contribution in [0, 0.1) is 17.0 Å². The molecule has 2 aliphatic rings. The summed E-state index contributed by atoms with van der Waals surface area (Å²) in [5.74, 6) is -1.82. The number of halogens is 4. The van der Waals surface area contributed by atoms with Crippen molar-refractivity contribution in [2.75, 3.05) is 0 Å². The van der Waals surface area contributed by atoms with E-state index in [-0.39, 0.29) is 22.6 Å². The SMILES string of the molecule is Fc1cc(Br)cc(OC2CC(Cl)C23CCCCCC3)c1F. The molecule has 1 aromatic rings. The van der Waals surface area contributed by atoms with Gasteiger partial charge in [0.1, 0.15) is 6.10 Å². The van der Waals surface area contributed by atoms with E-state index in [1.165, 1.54) is 18.9 Å². The first-order valence-corrected chi connectivity index (χ1v) is 8.71. The molecule has 2 atom stereocenters. The van der Waals surface area contributed by atoms with Crippen LogP contribution in [0.4, 0.5) is 8.78 Å². The minimum Gasteiger partial charge on any atom is -0.487 e. The van der Waals surface area contributed by atoms with Gasteiger partial charge in [-0.1, -0.05) is 41.6 Å². The van der Waals surface area contributed by atoms with Crippen molar-refractivity contribution in [3.63, 3.8) is 0 Å². The van der Waals surface area contributed by atoms with Crippen molar-refractivity contribution in [2.45, 2.75) is 56.4 Å². The third-order valence-corrected chi connectivity index (χ3v) is 6.02. The minimum atomic E-state index is -0.917. The molecule has 3 rings (SSSR count). The van der Waals surface area contributed by atoms with Crippen LogP contribution in [0.5, 0.6) is 5.75 Å². The second kappa shape index (κ2) is 6.04. The Morgan fingerprint density at radius 2 is 1.81 bits per heavy atom. The van der Waals surface area contributed by atoms with Gasteiger partial charge in [-0.2, -0.15) is 4.39 Å². The molecule has 0 amide bonds. The Morgan fingerprint density at radius 3 is 2.43 bits per heavy atom. The van der Waals surface area contributed by atoms with Crippen LogP contribution < -0.4 is 4.74 Å². The Kier molecular flexibility index (Phi) is 4.47. The van der Waals surface area contributed by atoms with Gasteiger partial charge >= 0.3 is 0 Å². The lowest BCUT2D eigenvalue weighted by atomic mass is 9.61. The maximum atomic E-state index is 13.9. The van der Waals surface area contributed by atoms with Gasteiger partial charge in [-0.05, 0) is 25.0 Å². The van der Waals surface area contributed by atoms with Crippen molar-refractivity contribution < 1.29 is 13.5 Å². The molecule has 2 fully saturated rings. The molecule has 1 spiro atoms. The lowest BCUT2D eigenvalue weighted by molar-refractivity contribution is -0.0532. The maximum absolute atomic E-state index is 13.9. The van der Waals surface area contributed by atoms with Gasteiger partial charge in [0.05, 0.1) is 0 Å². The van der Waals surface area contributed by atoms with E-state index in [2.05, 4.69) is 15.9 Å². The Hall–Kier alpha value is -0.350. The maximum Gasteiger partial charge on any atom is 0.200 e. The highest BCUT2D eigenvalue weighted by Crippen LogP contribution is 2.55. The molecular formula is C16H18BrClF2O. The van der Waals surface area contributed by atoms with Crippen LogP contribution in [0.3, 0.4) is 0 Å². The van der Waals surface area contributed by atoms with Crippen LogP contribution in [0.1, 0.15) is 44.9 Å². The lowest BCUT2D eigenvalue weighted by Crippen LogP contribution is -2.57. The zero-order valence-corrected chi connectivity index (χ0v) is 14.0. The van der Waals surface area contributed by atoms with Gasteiger partial charge in [-0.15, -0.1) is 11.6 Å². The number of alkyl halides is 1. The number of benzene rings is 1. The van der Waals surface area contributed by atoms with Crippen molar-refractivity contribution in [1.82, 2.24) is 0 Å². The predicted octanol–water partition coefficient (Wildman–Crippen LogP) is 5.83. The van der Waals surface area contributed by atoms with Crippen molar-refractivity contribution in [1.29, 1.82) is 0 Å². The monoisotopic (exact) mass is 378 g/mol. The molecule has 2 unspecified atom stereocenters. The van der Waals surface area contributed by atoms with E-state index in [1.54, 1.807) is 0 Å². The van der Waals surface area contributed by atoms with Gasteiger partial charge in [0.2, 0.25) is 5.82 Å². The lowest BCUT2D eigenvalue weighted by Gasteiger charge is -2.53. The molecule has 5 heteroatoms. The molecule has 2 aliphatic carbocycles. The summed E-state index contributed by atoms with van der Waals surface area (Å²) in [5.41, 5.74) is -0.0662. The van der Waals surface area contributed by atoms with Crippen molar-refractivity contribution in [3.8, 4) is 5.75 Å². The van der Waals surface area contributed by atoms with E-state index in [9.17, 15) is 8.78 Å². The van der Waals surface area contributed by atoms with Crippen LogP contribution in [-0.4, -0.2) is 11.5 Å². The van der Waals surface area contributed by atoms with E-state index in [1.807, 2.05) is 0 Å². The summed E-state index contributed by atoms with van der Waals surface area (Å²) in [6, 6.07) is 2.60. The highest BCUT2D eigenvalue weighted by molar-refractivity contribution is 9.10. The highest BCUT2D eigenvalue weighted by Gasteiger charge is 2.55. The fraction of sp³-hybridized carbons (Fsp3) is 0.625. The van der Waals surface area contributed by atoms with E-state index >= 15 is 0 Å². The Labute approximate surface area is 137 Å². The first-order valence-electron chi connectivity index (χ1n) is 7.48. The second-order valence-corrected chi connectivity index (χ2v) is 7.60. The van der Waals surface area contributed by atoms with E-state index in [0.29, 0.717) is 10.9 Å². The van der Waals surface area contributed by atoms with Crippen molar-refractivity contribution in [2.24, 2.45) is 5.41 Å². The van der Waals surface area contributed by atoms with Gasteiger partial charge in [0.25, 0.3) is 0 Å². The summed E-state index contributed by atoms with van der Waals surface area (Å²) in [4.78, 5) is 0. The largest absolute Gasteiger partial charge is 0.487 e. The van der Waals surface area contributed by atoms with Crippen LogP contribution in [0.25, 0.3) is 0 Å². The highest BCUT2D eigenvalue weighted by atomic mass is 79.9. The third-order valence-electron chi connectivity index (χ3n) is 4.95. The first-order chi connectivity index (χ1) is 10.0. The first kappa shape index (κ1) is 15.5. The summed E-state index contributed by atoms with van der Waals surface area (Å²) in [6.07, 6.45) is 7.34. The summed E-state index contributed by atoms with van der Waals surface area (Å²) in [5, 5.41) is 0.0839. The molecule has 0 bridgehead atoms. The Morgan fingerprint density at radius 1 is 1.14 bits per heavy atom. The quantitative estimate of drug-likeness (QED) is 0.464. The van der Waals surface area contributed by atoms with Crippen LogP contribution in [0.2, 0.25) is 0 Å². The second-order valence-electron chi connectivity index (χ2n) is 6.16. The predicted molar refractivity (Wildman–Crippen MR) is 82.9 cm³/mol. The van der Waals surface area contributed by atoms with Crippen LogP contribution >= 0.6 is 27.5 Å². The molecule has 0 heterocycles. The molecule has 0 aliphatic heterocycles. The summed E-state index contributed by atoms with van der Waals surface area (Å²) in [6.45, 7) is 0. The van der Waals surface area contributed by atoms with E-state index in [4.69, 9.17) is 16.3 Å². The summed E-state index contributed by atoms with van der Waals surface area (Å²) in [7, 11) is 0. The zero-order valence-electron chi connectivity index (χ0n) is 11.7. The Bertz CT molecular complexity index is 529. The molecule has 21 heavy (non-hydrogen) atoms. The summed E-state index contributed by atoms with van der Waals surface area (Å²) < 4.78 is 33.7. The Balaban J connectivity index is 1.82. The third kappa shape index (κ3) is 2.81. The fourth-order valence-electron chi connectivity index (χ4n) is 3.66. The molecule has 0 N–H and O–H groups in total. The number of hydrogen-bond acceptors (Lipinski definition) is 1. The minimum absolute atomic E-state index is 0.0148. The van der Waals surface area contributed by atoms with Gasteiger partial charge in [-0.25, -0.2) is 4.39 Å². The van der Waals surface area contributed by atoms with Gasteiger partial charge in [0.15, 0.2) is 11.6 Å². The van der Waals surface area contributed by atoms with Crippen molar-refractivity contribution in [3.05, 3.63) is 28.2 Å². The average Bonchev–Trinajstić information content (AvgIpc) is 2.71. The molecular weight excluding hydrogens is 362 g/mol. The van der Waals surface area contributed by atoms with Crippen LogP contribution in [-0.2, 0) is 0 Å². The van der Waals surface area contributed by atoms with Gasteiger partial charge in [-0.3, -0.25) is 0 Å². The molecule has 0 radical (unpaired) electrons. The van der Waals surface area contributed by atoms with Crippen molar-refractivity contribution >= 4 is 27.5 Å². The van der Waals surface area contributed by atoms with Gasteiger partial charge in [0, 0.05) is 21.7 Å². The molecule has 116 valence electrons.